The minimum Gasteiger partial charge on any atom is -0.466 e. The van der Waals surface area contributed by atoms with Crippen LogP contribution in [0.2, 0.25) is 0 Å². The van der Waals surface area contributed by atoms with Gasteiger partial charge in [0.15, 0.2) is 0 Å². The van der Waals surface area contributed by atoms with Crippen LogP contribution in [-0.4, -0.2) is 23.8 Å². The number of aliphatic hydroxyl groups is 1. The van der Waals surface area contributed by atoms with Gasteiger partial charge in [0.1, 0.15) is 0 Å². The van der Waals surface area contributed by atoms with Gasteiger partial charge in [-0.1, -0.05) is 33.1 Å². The van der Waals surface area contributed by atoms with Crippen LogP contribution < -0.4 is 0 Å². The lowest BCUT2D eigenvalue weighted by molar-refractivity contribution is -0.146. The highest BCUT2D eigenvalue weighted by atomic mass is 16.5. The molecule has 0 aromatic heterocycles. The predicted octanol–water partition coefficient (Wildman–Crippen LogP) is 2.27. The number of ether oxygens (including phenoxy) is 1. The lowest BCUT2D eigenvalue weighted by Gasteiger charge is -2.07. The molecular formula is C11H22O3. The molecule has 0 rings (SSSR count). The van der Waals surface area contributed by atoms with E-state index in [1.165, 1.54) is 12.8 Å². The average Bonchev–Trinajstić information content (AvgIpc) is 2.17. The highest BCUT2D eigenvalue weighted by Crippen LogP contribution is 2.02. The molecule has 0 saturated heterocycles. The molecule has 0 aliphatic heterocycles. The third-order valence-corrected chi connectivity index (χ3v) is 2.13. The Hall–Kier alpha value is -0.570. The summed E-state index contributed by atoms with van der Waals surface area (Å²) in [5.41, 5.74) is 0. The van der Waals surface area contributed by atoms with Gasteiger partial charge in [0.2, 0.25) is 0 Å². The molecule has 0 heterocycles. The van der Waals surface area contributed by atoms with E-state index in [0.29, 0.717) is 13.0 Å². The Morgan fingerprint density at radius 1 is 1.29 bits per heavy atom. The van der Waals surface area contributed by atoms with Crippen molar-refractivity contribution in [2.75, 3.05) is 6.61 Å². The SMILES string of the molecule is CCCCCCOC(=O)CC(O)CC. The topological polar surface area (TPSA) is 46.5 Å². The van der Waals surface area contributed by atoms with Crippen LogP contribution in [0.5, 0.6) is 0 Å². The molecule has 14 heavy (non-hydrogen) atoms. The van der Waals surface area contributed by atoms with Crippen molar-refractivity contribution >= 4 is 5.97 Å². The van der Waals surface area contributed by atoms with Crippen LogP contribution in [0.4, 0.5) is 0 Å². The Kier molecular flexibility index (Phi) is 8.64. The fraction of sp³-hybridized carbons (Fsp3) is 0.909. The van der Waals surface area contributed by atoms with Gasteiger partial charge in [-0.15, -0.1) is 0 Å². The maximum absolute atomic E-state index is 11.1. The lowest BCUT2D eigenvalue weighted by atomic mass is 10.2. The van der Waals surface area contributed by atoms with E-state index in [9.17, 15) is 4.79 Å². The van der Waals surface area contributed by atoms with Crippen LogP contribution in [0, 0.1) is 0 Å². The van der Waals surface area contributed by atoms with Crippen molar-refractivity contribution in [2.45, 2.75) is 58.5 Å². The highest BCUT2D eigenvalue weighted by molar-refractivity contribution is 5.69. The highest BCUT2D eigenvalue weighted by Gasteiger charge is 2.09. The van der Waals surface area contributed by atoms with Gasteiger partial charge in [-0.3, -0.25) is 4.79 Å². The molecular weight excluding hydrogens is 180 g/mol. The van der Waals surface area contributed by atoms with Crippen LogP contribution in [0.3, 0.4) is 0 Å². The Bertz CT molecular complexity index is 145. The van der Waals surface area contributed by atoms with Crippen LogP contribution >= 0.6 is 0 Å². The summed E-state index contributed by atoms with van der Waals surface area (Å²) in [6.07, 6.45) is 4.60. The quantitative estimate of drug-likeness (QED) is 0.485. The summed E-state index contributed by atoms with van der Waals surface area (Å²) in [6.45, 7) is 4.48. The van der Waals surface area contributed by atoms with Gasteiger partial charge < -0.3 is 9.84 Å². The van der Waals surface area contributed by atoms with E-state index >= 15 is 0 Å². The molecule has 1 atom stereocenters. The Labute approximate surface area is 86.5 Å². The van der Waals surface area contributed by atoms with Crippen molar-refractivity contribution in [3.63, 3.8) is 0 Å². The zero-order chi connectivity index (χ0) is 10.8. The van der Waals surface area contributed by atoms with Crippen LogP contribution in [0.25, 0.3) is 0 Å². The minimum atomic E-state index is -0.543. The second-order valence-corrected chi connectivity index (χ2v) is 3.55. The zero-order valence-corrected chi connectivity index (χ0v) is 9.29. The maximum Gasteiger partial charge on any atom is 0.308 e. The number of carbonyl (C=O) groups is 1. The Morgan fingerprint density at radius 3 is 2.57 bits per heavy atom. The molecule has 1 unspecified atom stereocenters. The molecule has 1 N–H and O–H groups in total. The van der Waals surface area contributed by atoms with Crippen LogP contribution in [-0.2, 0) is 9.53 Å². The second kappa shape index (κ2) is 9.00. The van der Waals surface area contributed by atoms with E-state index < -0.39 is 6.10 Å². The van der Waals surface area contributed by atoms with Gasteiger partial charge >= 0.3 is 5.97 Å². The van der Waals surface area contributed by atoms with Gasteiger partial charge in [0.25, 0.3) is 0 Å². The van der Waals surface area contributed by atoms with E-state index in [2.05, 4.69) is 6.92 Å². The largest absolute Gasteiger partial charge is 0.466 e. The van der Waals surface area contributed by atoms with Crippen molar-refractivity contribution in [3.8, 4) is 0 Å². The van der Waals surface area contributed by atoms with E-state index in [1.807, 2.05) is 6.92 Å². The standard InChI is InChI=1S/C11H22O3/c1-3-5-6-7-8-14-11(13)9-10(12)4-2/h10,12H,3-9H2,1-2H3. The minimum absolute atomic E-state index is 0.129. The average molecular weight is 202 g/mol. The van der Waals surface area contributed by atoms with Crippen molar-refractivity contribution in [1.29, 1.82) is 0 Å². The lowest BCUT2D eigenvalue weighted by Crippen LogP contribution is -2.15. The molecule has 0 aliphatic carbocycles. The van der Waals surface area contributed by atoms with Gasteiger partial charge in [-0.25, -0.2) is 0 Å². The number of esters is 1. The monoisotopic (exact) mass is 202 g/mol. The molecule has 0 radical (unpaired) electrons. The fourth-order valence-electron chi connectivity index (χ4n) is 1.11. The third-order valence-electron chi connectivity index (χ3n) is 2.13. The summed E-state index contributed by atoms with van der Waals surface area (Å²) in [4.78, 5) is 11.1. The molecule has 84 valence electrons. The second-order valence-electron chi connectivity index (χ2n) is 3.55. The number of hydrogen-bond acceptors (Lipinski definition) is 3. The molecule has 3 nitrogen and oxygen atoms in total. The first-order valence-electron chi connectivity index (χ1n) is 5.54. The van der Waals surface area contributed by atoms with Crippen LogP contribution in [0.15, 0.2) is 0 Å². The Balaban J connectivity index is 3.27. The number of unbranched alkanes of at least 4 members (excludes halogenated alkanes) is 3. The molecule has 0 aliphatic rings. The summed E-state index contributed by atoms with van der Waals surface area (Å²) in [7, 11) is 0. The summed E-state index contributed by atoms with van der Waals surface area (Å²) >= 11 is 0. The van der Waals surface area contributed by atoms with Gasteiger partial charge in [-0.2, -0.15) is 0 Å². The molecule has 0 saturated carbocycles. The van der Waals surface area contributed by atoms with Crippen molar-refractivity contribution in [3.05, 3.63) is 0 Å². The van der Waals surface area contributed by atoms with E-state index in [4.69, 9.17) is 9.84 Å². The number of carbonyl (C=O) groups excluding carboxylic acids is 1. The summed E-state index contributed by atoms with van der Waals surface area (Å²) in [5.74, 6) is -0.282. The number of hydrogen-bond donors (Lipinski definition) is 1. The van der Waals surface area contributed by atoms with E-state index in [-0.39, 0.29) is 12.4 Å². The first-order chi connectivity index (χ1) is 6.70. The smallest absolute Gasteiger partial charge is 0.308 e. The van der Waals surface area contributed by atoms with Crippen LogP contribution in [0.1, 0.15) is 52.4 Å². The van der Waals surface area contributed by atoms with E-state index in [0.717, 1.165) is 12.8 Å². The van der Waals surface area contributed by atoms with E-state index in [1.54, 1.807) is 0 Å². The summed E-state index contributed by atoms with van der Waals surface area (Å²) < 4.78 is 4.96. The summed E-state index contributed by atoms with van der Waals surface area (Å²) in [6, 6.07) is 0. The Morgan fingerprint density at radius 2 is 2.00 bits per heavy atom. The molecule has 0 aromatic rings. The zero-order valence-electron chi connectivity index (χ0n) is 9.29. The molecule has 0 amide bonds. The number of aliphatic hydroxyl groups excluding tert-OH is 1. The fourth-order valence-corrected chi connectivity index (χ4v) is 1.11. The number of rotatable bonds is 8. The molecule has 0 bridgehead atoms. The van der Waals surface area contributed by atoms with Crippen molar-refractivity contribution in [2.24, 2.45) is 0 Å². The molecule has 0 aromatic carbocycles. The van der Waals surface area contributed by atoms with Gasteiger partial charge in [-0.05, 0) is 12.8 Å². The van der Waals surface area contributed by atoms with Crippen molar-refractivity contribution in [1.82, 2.24) is 0 Å². The van der Waals surface area contributed by atoms with Gasteiger partial charge in [0.05, 0.1) is 19.1 Å². The predicted molar refractivity (Wildman–Crippen MR) is 56.0 cm³/mol. The molecule has 0 fully saturated rings. The normalized spacial score (nSPS) is 12.5. The first kappa shape index (κ1) is 13.4. The summed E-state index contributed by atoms with van der Waals surface area (Å²) in [5, 5.41) is 9.17. The third kappa shape index (κ3) is 8.05. The van der Waals surface area contributed by atoms with Crippen molar-refractivity contribution < 1.29 is 14.6 Å². The molecule has 0 spiro atoms. The first-order valence-corrected chi connectivity index (χ1v) is 5.54. The maximum atomic E-state index is 11.1. The van der Waals surface area contributed by atoms with Gasteiger partial charge in [0, 0.05) is 0 Å². The molecule has 3 heteroatoms.